The largest absolute Gasteiger partial charge is 0.496 e. The number of nitrogens with one attached hydrogen (secondary N) is 2. The number of anilines is 2. The number of carbonyl (C=O) groups is 1. The van der Waals surface area contributed by atoms with Crippen LogP contribution in [0.5, 0.6) is 5.75 Å². The van der Waals surface area contributed by atoms with Crippen LogP contribution in [0.25, 0.3) is 11.6 Å². The Morgan fingerprint density at radius 3 is 2.60 bits per heavy atom. The lowest BCUT2D eigenvalue weighted by atomic mass is 10.0. The van der Waals surface area contributed by atoms with Gasteiger partial charge >= 0.3 is 0 Å². The quantitative estimate of drug-likeness (QED) is 0.566. The van der Waals surface area contributed by atoms with Crippen molar-refractivity contribution in [2.45, 2.75) is 4.90 Å². The molecule has 0 bridgehead atoms. The summed E-state index contributed by atoms with van der Waals surface area (Å²) in [6.07, 6.45) is 1.68. The summed E-state index contributed by atoms with van der Waals surface area (Å²) in [5.74, 6) is 0.297. The normalized spacial score (nSPS) is 14.3. The Morgan fingerprint density at radius 1 is 1.03 bits per heavy atom. The van der Waals surface area contributed by atoms with Crippen LogP contribution in [0, 0.1) is 0 Å². The van der Waals surface area contributed by atoms with Crippen molar-refractivity contribution in [2.24, 2.45) is 0 Å². The second kappa shape index (κ2) is 7.85. The fourth-order valence-corrected chi connectivity index (χ4v) is 4.45. The first-order valence-corrected chi connectivity index (χ1v) is 10.8. The van der Waals surface area contributed by atoms with Crippen molar-refractivity contribution in [3.63, 3.8) is 0 Å². The maximum absolute atomic E-state index is 12.9. The number of ether oxygens (including phenoxy) is 1. The van der Waals surface area contributed by atoms with E-state index in [2.05, 4.69) is 10.0 Å². The van der Waals surface area contributed by atoms with Gasteiger partial charge in [-0.25, -0.2) is 8.42 Å². The highest BCUT2D eigenvalue weighted by Gasteiger charge is 2.27. The van der Waals surface area contributed by atoms with Gasteiger partial charge in [0.15, 0.2) is 0 Å². The molecule has 30 heavy (non-hydrogen) atoms. The number of halogens is 1. The predicted octanol–water partition coefficient (Wildman–Crippen LogP) is 4.64. The molecule has 0 saturated heterocycles. The molecule has 1 amide bonds. The van der Waals surface area contributed by atoms with Crippen LogP contribution in [0.4, 0.5) is 11.4 Å². The number of carbonyl (C=O) groups excluding carboxylic acids is 1. The molecule has 3 aromatic carbocycles. The van der Waals surface area contributed by atoms with E-state index in [0.717, 1.165) is 0 Å². The molecular formula is C22H17ClN2O4S. The number of amides is 1. The van der Waals surface area contributed by atoms with Crippen LogP contribution in [0.3, 0.4) is 0 Å². The zero-order valence-corrected chi connectivity index (χ0v) is 17.4. The summed E-state index contributed by atoms with van der Waals surface area (Å²) in [4.78, 5) is 12.6. The molecule has 0 unspecified atom stereocenters. The number of hydrogen-bond donors (Lipinski definition) is 2. The molecular weight excluding hydrogens is 424 g/mol. The molecule has 0 fully saturated rings. The van der Waals surface area contributed by atoms with Crippen LogP contribution in [0.15, 0.2) is 71.6 Å². The lowest BCUT2D eigenvalue weighted by Gasteiger charge is -2.10. The monoisotopic (exact) mass is 440 g/mol. The van der Waals surface area contributed by atoms with Crippen molar-refractivity contribution in [3.05, 3.63) is 82.9 Å². The Hall–Kier alpha value is -3.29. The zero-order chi connectivity index (χ0) is 21.3. The maximum atomic E-state index is 12.9. The number of para-hydroxylation sites is 1. The number of benzene rings is 3. The van der Waals surface area contributed by atoms with Crippen LogP contribution in [-0.4, -0.2) is 21.4 Å². The van der Waals surface area contributed by atoms with E-state index in [9.17, 15) is 13.2 Å². The van der Waals surface area contributed by atoms with Gasteiger partial charge in [-0.15, -0.1) is 0 Å². The summed E-state index contributed by atoms with van der Waals surface area (Å²) >= 11 is 5.94. The summed E-state index contributed by atoms with van der Waals surface area (Å²) in [6.45, 7) is 0. The molecule has 1 aliphatic heterocycles. The van der Waals surface area contributed by atoms with Crippen molar-refractivity contribution in [1.82, 2.24) is 0 Å². The molecule has 2 N–H and O–H groups in total. The Labute approximate surface area is 179 Å². The summed E-state index contributed by atoms with van der Waals surface area (Å²) in [6, 6.07) is 18.2. The van der Waals surface area contributed by atoms with Gasteiger partial charge in [-0.1, -0.05) is 35.9 Å². The zero-order valence-electron chi connectivity index (χ0n) is 15.8. The van der Waals surface area contributed by atoms with Gasteiger partial charge in [-0.2, -0.15) is 0 Å². The molecule has 152 valence electrons. The first-order valence-electron chi connectivity index (χ1n) is 8.96. The highest BCUT2D eigenvalue weighted by molar-refractivity contribution is 7.92. The van der Waals surface area contributed by atoms with Crippen LogP contribution >= 0.6 is 11.6 Å². The van der Waals surface area contributed by atoms with E-state index in [-0.39, 0.29) is 10.8 Å². The van der Waals surface area contributed by atoms with Gasteiger partial charge in [-0.05, 0) is 48.5 Å². The highest BCUT2D eigenvalue weighted by Crippen LogP contribution is 2.36. The number of rotatable bonds is 5. The lowest BCUT2D eigenvalue weighted by Crippen LogP contribution is -2.13. The topological polar surface area (TPSA) is 84.5 Å². The standard InChI is InChI=1S/C22H17ClN2O4S/c1-29-21-8-3-2-5-14(21)11-19-18-13-17(9-10-20(18)24-22(19)26)30(27,28)25-16-7-4-6-15(23)12-16/h2-13,25H,1H3,(H,24,26)/b19-11+. The minimum absolute atomic E-state index is 0.0312. The molecule has 0 aliphatic carbocycles. The van der Waals surface area contributed by atoms with Gasteiger partial charge in [-0.3, -0.25) is 9.52 Å². The van der Waals surface area contributed by atoms with Gasteiger partial charge in [0.05, 0.1) is 17.7 Å². The Balaban J connectivity index is 1.74. The van der Waals surface area contributed by atoms with Crippen LogP contribution in [0.2, 0.25) is 5.02 Å². The molecule has 0 radical (unpaired) electrons. The second-order valence-electron chi connectivity index (χ2n) is 6.58. The minimum atomic E-state index is -3.88. The Bertz CT molecular complexity index is 1290. The van der Waals surface area contributed by atoms with Crippen LogP contribution in [0.1, 0.15) is 11.1 Å². The molecule has 6 nitrogen and oxygen atoms in total. The van der Waals surface area contributed by atoms with E-state index in [4.69, 9.17) is 16.3 Å². The first-order chi connectivity index (χ1) is 14.4. The van der Waals surface area contributed by atoms with Crippen molar-refractivity contribution >= 4 is 50.6 Å². The second-order valence-corrected chi connectivity index (χ2v) is 8.70. The van der Waals surface area contributed by atoms with E-state index in [1.54, 1.807) is 43.5 Å². The SMILES string of the molecule is COc1ccccc1/C=C1/C(=O)Nc2ccc(S(=O)(=O)Nc3cccc(Cl)c3)cc21. The number of sulfonamides is 1. The Morgan fingerprint density at radius 2 is 1.83 bits per heavy atom. The van der Waals surface area contributed by atoms with E-state index in [0.29, 0.717) is 38.8 Å². The minimum Gasteiger partial charge on any atom is -0.496 e. The molecule has 0 atom stereocenters. The van der Waals surface area contributed by atoms with Gasteiger partial charge in [0.1, 0.15) is 5.75 Å². The fourth-order valence-electron chi connectivity index (χ4n) is 3.18. The lowest BCUT2D eigenvalue weighted by molar-refractivity contribution is -0.110. The molecule has 1 aliphatic rings. The molecule has 0 saturated carbocycles. The molecule has 4 rings (SSSR count). The van der Waals surface area contributed by atoms with E-state index in [1.165, 1.54) is 18.2 Å². The highest BCUT2D eigenvalue weighted by atomic mass is 35.5. The number of hydrogen-bond acceptors (Lipinski definition) is 4. The summed E-state index contributed by atoms with van der Waals surface area (Å²) in [5.41, 5.74) is 2.46. The van der Waals surface area contributed by atoms with Gasteiger partial charge < -0.3 is 10.1 Å². The predicted molar refractivity (Wildman–Crippen MR) is 118 cm³/mol. The summed E-state index contributed by atoms with van der Waals surface area (Å²) in [5, 5.41) is 3.18. The van der Waals surface area contributed by atoms with Gasteiger partial charge in [0.25, 0.3) is 15.9 Å². The maximum Gasteiger partial charge on any atom is 0.261 e. The third-order valence-corrected chi connectivity index (χ3v) is 6.21. The molecule has 1 heterocycles. The van der Waals surface area contributed by atoms with Crippen LogP contribution in [-0.2, 0) is 14.8 Å². The number of fused-ring (bicyclic) bond motifs is 1. The summed E-state index contributed by atoms with van der Waals surface area (Å²) in [7, 11) is -2.33. The van der Waals surface area contributed by atoms with E-state index < -0.39 is 10.0 Å². The smallest absolute Gasteiger partial charge is 0.261 e. The first kappa shape index (κ1) is 20.0. The fraction of sp³-hybridized carbons (Fsp3) is 0.0455. The molecule has 8 heteroatoms. The Kier molecular flexibility index (Phi) is 5.24. The third-order valence-electron chi connectivity index (χ3n) is 4.60. The average Bonchev–Trinajstić information content (AvgIpc) is 3.02. The van der Waals surface area contributed by atoms with E-state index in [1.807, 2.05) is 18.2 Å². The molecule has 0 spiro atoms. The average molecular weight is 441 g/mol. The van der Waals surface area contributed by atoms with Crippen molar-refractivity contribution < 1.29 is 17.9 Å². The molecule has 0 aromatic heterocycles. The van der Waals surface area contributed by atoms with Gasteiger partial charge in [0.2, 0.25) is 0 Å². The summed E-state index contributed by atoms with van der Waals surface area (Å²) < 4.78 is 33.6. The number of methoxy groups -OCH3 is 1. The third kappa shape index (κ3) is 3.90. The van der Waals surface area contributed by atoms with Gasteiger partial charge in [0, 0.05) is 27.4 Å². The van der Waals surface area contributed by atoms with E-state index >= 15 is 0 Å². The van der Waals surface area contributed by atoms with Crippen LogP contribution < -0.4 is 14.8 Å². The molecule has 3 aromatic rings. The van der Waals surface area contributed by atoms with Crippen molar-refractivity contribution in [1.29, 1.82) is 0 Å². The van der Waals surface area contributed by atoms with Crippen molar-refractivity contribution in [2.75, 3.05) is 17.1 Å². The van der Waals surface area contributed by atoms with Crippen molar-refractivity contribution in [3.8, 4) is 5.75 Å².